The van der Waals surface area contributed by atoms with Gasteiger partial charge in [-0.3, -0.25) is 9.36 Å². The van der Waals surface area contributed by atoms with Crippen molar-refractivity contribution in [2.24, 2.45) is 0 Å². The molecule has 5 rings (SSSR count). The van der Waals surface area contributed by atoms with Gasteiger partial charge in [-0.15, -0.1) is 0 Å². The average Bonchev–Trinajstić information content (AvgIpc) is 3.36. The fourth-order valence-electron chi connectivity index (χ4n) is 4.94. The van der Waals surface area contributed by atoms with Gasteiger partial charge in [0.2, 0.25) is 5.95 Å². The minimum Gasteiger partial charge on any atom is -0.444 e. The molecule has 0 radical (unpaired) electrons. The summed E-state index contributed by atoms with van der Waals surface area (Å²) in [6.07, 6.45) is 5.33. The first-order valence-electron chi connectivity index (χ1n) is 12.1. The predicted octanol–water partition coefficient (Wildman–Crippen LogP) is 3.51. The number of imidazole rings is 1. The van der Waals surface area contributed by atoms with Crippen molar-refractivity contribution in [2.75, 3.05) is 36.5 Å². The number of carbonyl (C=O) groups excluding carboxylic acids is 2. The molecular formula is C26H31N7O3. The Bertz CT molecular complexity index is 1300. The molecule has 10 heteroatoms. The maximum atomic E-state index is 13.7. The number of fused-ring (bicyclic) bond motifs is 3. The monoisotopic (exact) mass is 489 g/mol. The Balaban J connectivity index is 1.54. The second-order valence-corrected chi connectivity index (χ2v) is 10.2. The van der Waals surface area contributed by atoms with Gasteiger partial charge in [0.05, 0.1) is 12.7 Å². The number of amides is 2. The Morgan fingerprint density at radius 3 is 2.58 bits per heavy atom. The van der Waals surface area contributed by atoms with Gasteiger partial charge in [0, 0.05) is 38.1 Å². The minimum absolute atomic E-state index is 0.0882. The molecule has 3 aromatic rings. The van der Waals surface area contributed by atoms with Crippen LogP contribution in [0.5, 0.6) is 0 Å². The van der Waals surface area contributed by atoms with Crippen LogP contribution in [0.2, 0.25) is 0 Å². The van der Waals surface area contributed by atoms with E-state index in [1.807, 2.05) is 73.7 Å². The molecule has 0 saturated carbocycles. The molecule has 188 valence electrons. The van der Waals surface area contributed by atoms with Crippen molar-refractivity contribution < 1.29 is 14.3 Å². The summed E-state index contributed by atoms with van der Waals surface area (Å²) < 4.78 is 7.45. The fourth-order valence-corrected chi connectivity index (χ4v) is 4.94. The molecule has 2 aliphatic rings. The van der Waals surface area contributed by atoms with Crippen LogP contribution in [-0.4, -0.2) is 74.2 Å². The molecule has 1 unspecified atom stereocenters. The Labute approximate surface area is 210 Å². The van der Waals surface area contributed by atoms with Crippen LogP contribution in [0.15, 0.2) is 48.9 Å². The van der Waals surface area contributed by atoms with Crippen molar-refractivity contribution in [3.05, 3.63) is 48.9 Å². The first-order valence-corrected chi connectivity index (χ1v) is 12.1. The van der Waals surface area contributed by atoms with Gasteiger partial charge in [-0.1, -0.05) is 37.3 Å². The topological polar surface area (TPSA) is 96.7 Å². The van der Waals surface area contributed by atoms with Crippen molar-refractivity contribution in [1.82, 2.24) is 24.4 Å². The van der Waals surface area contributed by atoms with Crippen molar-refractivity contribution in [1.29, 1.82) is 0 Å². The summed E-state index contributed by atoms with van der Waals surface area (Å²) in [6, 6.07) is 9.86. The van der Waals surface area contributed by atoms with E-state index in [0.29, 0.717) is 37.0 Å². The van der Waals surface area contributed by atoms with Gasteiger partial charge in [-0.05, 0) is 27.2 Å². The third kappa shape index (κ3) is 3.86. The van der Waals surface area contributed by atoms with Gasteiger partial charge in [-0.2, -0.15) is 4.98 Å². The number of likely N-dealkylation sites (N-methyl/N-ethyl adjacent to an activating group) is 1. The SMILES string of the molecule is CCC12CN(C(=O)OC(C)(C)C)CCN1c1nc(-n3ccnc3-c3ccccc3)ncc1N(C)C2=O. The molecule has 0 spiro atoms. The van der Waals surface area contributed by atoms with E-state index in [2.05, 4.69) is 9.97 Å². The number of carbonyl (C=O) groups is 2. The highest BCUT2D eigenvalue weighted by molar-refractivity contribution is 6.08. The molecule has 1 atom stereocenters. The predicted molar refractivity (Wildman–Crippen MR) is 136 cm³/mol. The first-order chi connectivity index (χ1) is 17.1. The van der Waals surface area contributed by atoms with Gasteiger partial charge in [0.15, 0.2) is 5.82 Å². The van der Waals surface area contributed by atoms with E-state index in [-0.39, 0.29) is 12.5 Å². The lowest BCUT2D eigenvalue weighted by molar-refractivity contribution is -0.125. The maximum absolute atomic E-state index is 13.7. The fraction of sp³-hybridized carbons (Fsp3) is 0.423. The van der Waals surface area contributed by atoms with E-state index in [1.165, 1.54) is 0 Å². The highest BCUT2D eigenvalue weighted by Gasteiger charge is 2.54. The molecule has 1 saturated heterocycles. The molecule has 0 aliphatic carbocycles. The molecule has 2 aliphatic heterocycles. The van der Waals surface area contributed by atoms with Gasteiger partial charge >= 0.3 is 6.09 Å². The Morgan fingerprint density at radius 2 is 1.89 bits per heavy atom. The summed E-state index contributed by atoms with van der Waals surface area (Å²) >= 11 is 0. The van der Waals surface area contributed by atoms with Crippen LogP contribution >= 0.6 is 0 Å². The van der Waals surface area contributed by atoms with E-state index >= 15 is 0 Å². The molecule has 0 N–H and O–H groups in total. The molecule has 1 fully saturated rings. The lowest BCUT2D eigenvalue weighted by Crippen LogP contribution is -2.72. The summed E-state index contributed by atoms with van der Waals surface area (Å²) in [5.74, 6) is 1.77. The van der Waals surface area contributed by atoms with E-state index in [0.717, 1.165) is 11.4 Å². The van der Waals surface area contributed by atoms with E-state index in [9.17, 15) is 9.59 Å². The van der Waals surface area contributed by atoms with Crippen molar-refractivity contribution >= 4 is 23.5 Å². The van der Waals surface area contributed by atoms with Crippen LogP contribution in [-0.2, 0) is 9.53 Å². The Hall–Kier alpha value is -3.95. The summed E-state index contributed by atoms with van der Waals surface area (Å²) in [5.41, 5.74) is 0.0290. The third-order valence-corrected chi connectivity index (χ3v) is 6.74. The number of anilines is 2. The number of rotatable bonds is 3. The number of aromatic nitrogens is 4. The largest absolute Gasteiger partial charge is 0.444 e. The van der Waals surface area contributed by atoms with Crippen molar-refractivity contribution in [2.45, 2.75) is 45.3 Å². The summed E-state index contributed by atoms with van der Waals surface area (Å²) in [7, 11) is 1.73. The second-order valence-electron chi connectivity index (χ2n) is 10.2. The van der Waals surface area contributed by atoms with Crippen molar-refractivity contribution in [3.8, 4) is 17.3 Å². The number of hydrogen-bond acceptors (Lipinski definition) is 7. The van der Waals surface area contributed by atoms with E-state index in [4.69, 9.17) is 9.72 Å². The average molecular weight is 490 g/mol. The normalized spacial score (nSPS) is 19.7. The quantitative estimate of drug-likeness (QED) is 0.555. The van der Waals surface area contributed by atoms with E-state index < -0.39 is 17.2 Å². The first kappa shape index (κ1) is 23.8. The van der Waals surface area contributed by atoms with Crippen LogP contribution in [0, 0.1) is 0 Å². The molecule has 36 heavy (non-hydrogen) atoms. The smallest absolute Gasteiger partial charge is 0.410 e. The molecule has 2 aromatic heterocycles. The van der Waals surface area contributed by atoms with Crippen LogP contribution < -0.4 is 9.80 Å². The Kier molecular flexibility index (Phi) is 5.69. The van der Waals surface area contributed by atoms with Crippen LogP contribution in [0.1, 0.15) is 34.1 Å². The van der Waals surface area contributed by atoms with Crippen LogP contribution in [0.25, 0.3) is 17.3 Å². The standard InChI is InChI=1S/C26H31N7O3/c1-6-26-17-31(24(35)36-25(2,3)4)14-15-33(26)21-19(30(5)22(26)34)16-28-23(29-21)32-13-12-27-20(32)18-10-8-7-9-11-18/h7-13,16H,6,14-15,17H2,1-5H3. The van der Waals surface area contributed by atoms with Gasteiger partial charge in [-0.25, -0.2) is 14.8 Å². The lowest BCUT2D eigenvalue weighted by atomic mass is 9.86. The molecule has 0 bridgehead atoms. The van der Waals surface area contributed by atoms with Crippen molar-refractivity contribution in [3.63, 3.8) is 0 Å². The summed E-state index contributed by atoms with van der Waals surface area (Å²) in [6.45, 7) is 8.58. The van der Waals surface area contributed by atoms with Crippen LogP contribution in [0.4, 0.5) is 16.3 Å². The minimum atomic E-state index is -0.945. The third-order valence-electron chi connectivity index (χ3n) is 6.74. The number of nitrogens with zero attached hydrogens (tertiary/aromatic N) is 7. The maximum Gasteiger partial charge on any atom is 0.410 e. The summed E-state index contributed by atoms with van der Waals surface area (Å²) in [5, 5.41) is 0. The Morgan fingerprint density at radius 1 is 1.14 bits per heavy atom. The molecule has 10 nitrogen and oxygen atoms in total. The van der Waals surface area contributed by atoms with Gasteiger partial charge < -0.3 is 19.4 Å². The number of ether oxygens (including phenoxy) is 1. The number of piperazine rings is 1. The van der Waals surface area contributed by atoms with Gasteiger partial charge in [0.25, 0.3) is 5.91 Å². The number of benzene rings is 1. The zero-order chi connectivity index (χ0) is 25.7. The second kappa shape index (κ2) is 8.61. The van der Waals surface area contributed by atoms with Gasteiger partial charge in [0.1, 0.15) is 22.7 Å². The molecule has 1 aromatic carbocycles. The lowest BCUT2D eigenvalue weighted by Gasteiger charge is -2.54. The summed E-state index contributed by atoms with van der Waals surface area (Å²) in [4.78, 5) is 45.9. The van der Waals surface area contributed by atoms with E-state index in [1.54, 1.807) is 29.2 Å². The highest BCUT2D eigenvalue weighted by Crippen LogP contribution is 2.42. The number of hydrogen-bond donors (Lipinski definition) is 0. The highest BCUT2D eigenvalue weighted by atomic mass is 16.6. The van der Waals surface area contributed by atoms with Crippen LogP contribution in [0.3, 0.4) is 0 Å². The molecule has 4 heterocycles. The zero-order valence-electron chi connectivity index (χ0n) is 21.3. The molecule has 2 amide bonds. The molecular weight excluding hydrogens is 458 g/mol. The zero-order valence-corrected chi connectivity index (χ0v) is 21.3.